The monoisotopic (exact) mass is 457 g/mol. The second-order valence-electron chi connectivity index (χ2n) is 7.71. The summed E-state index contributed by atoms with van der Waals surface area (Å²) in [7, 11) is -4.02. The number of anilines is 1. The van der Waals surface area contributed by atoms with E-state index in [1.807, 2.05) is 24.1 Å². The molecule has 0 unspecified atom stereocenters. The van der Waals surface area contributed by atoms with Crippen LogP contribution in [-0.2, 0) is 14.9 Å². The third kappa shape index (κ3) is 5.71. The molecule has 3 heterocycles. The number of likely N-dealkylation sites (tertiary alicyclic amines) is 1. The molecule has 1 saturated heterocycles. The van der Waals surface area contributed by atoms with Crippen molar-refractivity contribution in [1.82, 2.24) is 19.9 Å². The van der Waals surface area contributed by atoms with Crippen LogP contribution in [0.25, 0.3) is 11.0 Å². The van der Waals surface area contributed by atoms with Crippen LogP contribution < -0.4 is 5.32 Å². The van der Waals surface area contributed by atoms with Crippen LogP contribution in [0.2, 0.25) is 0 Å². The van der Waals surface area contributed by atoms with Crippen molar-refractivity contribution >= 4 is 32.9 Å². The zero-order chi connectivity index (χ0) is 23.3. The summed E-state index contributed by atoms with van der Waals surface area (Å²) in [6.45, 7) is 8.16. The van der Waals surface area contributed by atoms with E-state index < -0.39 is 10.1 Å². The Morgan fingerprint density at radius 1 is 1.25 bits per heavy atom. The number of carbonyl (C=O) groups excluding carboxylic acids is 1. The summed E-state index contributed by atoms with van der Waals surface area (Å²) in [5, 5.41) is 4.41. The molecule has 0 saturated carbocycles. The van der Waals surface area contributed by atoms with E-state index in [4.69, 9.17) is 4.55 Å². The van der Waals surface area contributed by atoms with Gasteiger partial charge < -0.3 is 15.2 Å². The number of piperidine rings is 1. The molecule has 170 valence electrons. The lowest BCUT2D eigenvalue weighted by Crippen LogP contribution is -2.49. The largest absolute Gasteiger partial charge is 0.365 e. The highest BCUT2D eigenvalue weighted by Crippen LogP contribution is 2.23. The Bertz CT molecular complexity index is 1190. The summed E-state index contributed by atoms with van der Waals surface area (Å²) >= 11 is 0. The number of aryl methyl sites for hydroxylation is 1. The summed E-state index contributed by atoms with van der Waals surface area (Å²) in [6, 6.07) is 8.39. The number of hydrogen-bond donors (Lipinski definition) is 3. The topological polar surface area (TPSA) is 128 Å². The molecule has 9 nitrogen and oxygen atoms in total. The van der Waals surface area contributed by atoms with Crippen LogP contribution in [0.1, 0.15) is 25.3 Å². The van der Waals surface area contributed by atoms with Gasteiger partial charge in [-0.3, -0.25) is 9.35 Å². The summed E-state index contributed by atoms with van der Waals surface area (Å²) in [5.74, 6) is 0.801. The summed E-state index contributed by atoms with van der Waals surface area (Å²) in [4.78, 5) is 25.3. The number of H-pyrrole nitrogens is 1. The number of aromatic nitrogens is 3. The van der Waals surface area contributed by atoms with Gasteiger partial charge in [0.05, 0.1) is 10.3 Å². The SMILES string of the molecule is C=CC(=O)N1C[C@H](Nc2ncnc3[nH]ccc23)CC[C@@H]1C.Cc1ccc(S(=O)(=O)O)cc1. The van der Waals surface area contributed by atoms with Gasteiger partial charge in [-0.05, 0) is 51.0 Å². The Balaban J connectivity index is 0.000000222. The van der Waals surface area contributed by atoms with Crippen molar-refractivity contribution in [2.75, 3.05) is 11.9 Å². The minimum Gasteiger partial charge on any atom is -0.365 e. The normalized spacial score (nSPS) is 18.5. The lowest BCUT2D eigenvalue weighted by Gasteiger charge is -2.38. The zero-order valence-corrected chi connectivity index (χ0v) is 18.8. The molecule has 1 aliphatic rings. The van der Waals surface area contributed by atoms with Gasteiger partial charge in [-0.1, -0.05) is 24.3 Å². The molecule has 2 aromatic heterocycles. The fourth-order valence-electron chi connectivity index (χ4n) is 3.54. The first-order valence-electron chi connectivity index (χ1n) is 10.2. The third-order valence-corrected chi connectivity index (χ3v) is 6.22. The van der Waals surface area contributed by atoms with Crippen molar-refractivity contribution < 1.29 is 17.8 Å². The van der Waals surface area contributed by atoms with E-state index in [2.05, 4.69) is 33.8 Å². The molecule has 1 aromatic carbocycles. The molecule has 1 aliphatic heterocycles. The highest BCUT2D eigenvalue weighted by molar-refractivity contribution is 7.85. The van der Waals surface area contributed by atoms with Gasteiger partial charge >= 0.3 is 0 Å². The van der Waals surface area contributed by atoms with E-state index in [1.165, 1.54) is 18.2 Å². The number of hydrogen-bond acceptors (Lipinski definition) is 6. The van der Waals surface area contributed by atoms with Crippen LogP contribution >= 0.6 is 0 Å². The van der Waals surface area contributed by atoms with Gasteiger partial charge in [0.2, 0.25) is 5.91 Å². The number of rotatable bonds is 4. The molecule has 32 heavy (non-hydrogen) atoms. The molecule has 2 atom stereocenters. The number of aromatic amines is 1. The highest BCUT2D eigenvalue weighted by Gasteiger charge is 2.28. The van der Waals surface area contributed by atoms with E-state index in [-0.39, 0.29) is 22.9 Å². The quantitative estimate of drug-likeness (QED) is 0.405. The Labute approximate surface area is 187 Å². The Hall–Kier alpha value is -3.24. The standard InChI is InChI=1S/C15H19N5O.C7H8O3S/c1-3-13(21)20-8-11(5-4-10(20)2)19-15-12-6-7-16-14(12)17-9-18-15;1-6-2-4-7(5-3-6)11(8,9)10/h3,6-7,9-11H,1,4-5,8H2,2H3,(H2,16,17,18,19);2-5H,1H3,(H,8,9,10)/t10-,11+;/m0./s1. The summed E-state index contributed by atoms with van der Waals surface area (Å²) in [5.41, 5.74) is 1.77. The van der Waals surface area contributed by atoms with Crippen molar-refractivity contribution in [3.63, 3.8) is 0 Å². The first kappa shape index (κ1) is 23.4. The lowest BCUT2D eigenvalue weighted by atomic mass is 9.99. The molecule has 1 amide bonds. The van der Waals surface area contributed by atoms with E-state index in [9.17, 15) is 13.2 Å². The molecular weight excluding hydrogens is 430 g/mol. The minimum atomic E-state index is -4.02. The Morgan fingerprint density at radius 3 is 2.62 bits per heavy atom. The van der Waals surface area contributed by atoms with Crippen molar-refractivity contribution in [2.24, 2.45) is 0 Å². The molecule has 0 spiro atoms. The van der Waals surface area contributed by atoms with Crippen LogP contribution in [0.3, 0.4) is 0 Å². The van der Waals surface area contributed by atoms with Crippen LogP contribution in [0.15, 0.2) is 60.4 Å². The van der Waals surface area contributed by atoms with Crippen LogP contribution in [0.4, 0.5) is 5.82 Å². The predicted octanol–water partition coefficient (Wildman–Crippen LogP) is 3.18. The third-order valence-electron chi connectivity index (χ3n) is 5.35. The van der Waals surface area contributed by atoms with Gasteiger partial charge in [0.15, 0.2) is 0 Å². The average Bonchev–Trinajstić information content (AvgIpc) is 3.25. The van der Waals surface area contributed by atoms with Gasteiger partial charge in [-0.25, -0.2) is 9.97 Å². The maximum Gasteiger partial charge on any atom is 0.294 e. The van der Waals surface area contributed by atoms with Gasteiger partial charge in [0.1, 0.15) is 17.8 Å². The number of carbonyl (C=O) groups is 1. The molecule has 0 aliphatic carbocycles. The molecule has 4 rings (SSSR count). The number of nitrogens with one attached hydrogen (secondary N) is 2. The number of nitrogens with zero attached hydrogens (tertiary/aromatic N) is 3. The van der Waals surface area contributed by atoms with Crippen LogP contribution in [0.5, 0.6) is 0 Å². The molecule has 3 N–H and O–H groups in total. The van der Waals surface area contributed by atoms with Gasteiger partial charge in [-0.15, -0.1) is 0 Å². The number of amides is 1. The van der Waals surface area contributed by atoms with Crippen LogP contribution in [0, 0.1) is 6.92 Å². The number of benzene rings is 1. The molecule has 1 fully saturated rings. The Kier molecular flexibility index (Phi) is 7.26. The molecule has 0 bridgehead atoms. The molecular formula is C22H27N5O4S. The lowest BCUT2D eigenvalue weighted by molar-refractivity contribution is -0.129. The van der Waals surface area contributed by atoms with Gasteiger partial charge in [0.25, 0.3) is 10.1 Å². The zero-order valence-electron chi connectivity index (χ0n) is 18.0. The fraction of sp³-hybridized carbons (Fsp3) is 0.318. The van der Waals surface area contributed by atoms with Crippen molar-refractivity contribution in [3.8, 4) is 0 Å². The average molecular weight is 458 g/mol. The smallest absolute Gasteiger partial charge is 0.294 e. The van der Waals surface area contributed by atoms with Crippen LogP contribution in [-0.4, -0.2) is 57.4 Å². The van der Waals surface area contributed by atoms with Gasteiger partial charge in [-0.2, -0.15) is 8.42 Å². The number of fused-ring (bicyclic) bond motifs is 1. The molecule has 10 heteroatoms. The van der Waals surface area contributed by atoms with Crippen molar-refractivity contribution in [3.05, 3.63) is 61.1 Å². The predicted molar refractivity (Wildman–Crippen MR) is 123 cm³/mol. The second-order valence-corrected chi connectivity index (χ2v) is 9.13. The first-order chi connectivity index (χ1) is 15.2. The molecule has 0 radical (unpaired) electrons. The minimum absolute atomic E-state index is 0.0107. The first-order valence-corrected chi connectivity index (χ1v) is 11.6. The highest BCUT2D eigenvalue weighted by atomic mass is 32.2. The van der Waals surface area contributed by atoms with Crippen molar-refractivity contribution in [1.29, 1.82) is 0 Å². The van der Waals surface area contributed by atoms with E-state index >= 15 is 0 Å². The van der Waals surface area contributed by atoms with Crippen molar-refractivity contribution in [2.45, 2.75) is 43.7 Å². The Morgan fingerprint density at radius 2 is 1.97 bits per heavy atom. The van der Waals surface area contributed by atoms with E-state index in [0.29, 0.717) is 6.54 Å². The molecule has 3 aromatic rings. The maximum atomic E-state index is 11.9. The summed E-state index contributed by atoms with van der Waals surface area (Å²) in [6.07, 6.45) is 6.75. The maximum absolute atomic E-state index is 11.9. The summed E-state index contributed by atoms with van der Waals surface area (Å²) < 4.78 is 29.6. The fourth-order valence-corrected chi connectivity index (χ4v) is 4.02. The van der Waals surface area contributed by atoms with E-state index in [1.54, 1.807) is 18.5 Å². The second kappa shape index (κ2) is 9.92. The van der Waals surface area contributed by atoms with E-state index in [0.717, 1.165) is 35.3 Å². The van der Waals surface area contributed by atoms with Gasteiger partial charge in [0, 0.05) is 24.8 Å².